The highest BCUT2D eigenvalue weighted by Crippen LogP contribution is 2.22. The van der Waals surface area contributed by atoms with Crippen molar-refractivity contribution in [2.24, 2.45) is 5.73 Å². The van der Waals surface area contributed by atoms with Gasteiger partial charge in [-0.15, -0.1) is 0 Å². The van der Waals surface area contributed by atoms with Crippen molar-refractivity contribution in [3.05, 3.63) is 35.9 Å². The third kappa shape index (κ3) is 6.29. The van der Waals surface area contributed by atoms with Crippen LogP contribution in [0.3, 0.4) is 0 Å². The van der Waals surface area contributed by atoms with Crippen molar-refractivity contribution >= 4 is 35.5 Å². The molecule has 3 rings (SSSR count). The van der Waals surface area contributed by atoms with E-state index in [0.29, 0.717) is 45.2 Å². The van der Waals surface area contributed by atoms with Crippen LogP contribution < -0.4 is 11.1 Å². The van der Waals surface area contributed by atoms with Gasteiger partial charge >= 0.3 is 5.97 Å². The third-order valence-electron chi connectivity index (χ3n) is 6.51. The Labute approximate surface area is 204 Å². The van der Waals surface area contributed by atoms with Crippen molar-refractivity contribution in [2.45, 2.75) is 62.7 Å². The number of amides is 3. The Morgan fingerprint density at radius 1 is 1.06 bits per heavy atom. The molecule has 1 aromatic rings. The van der Waals surface area contributed by atoms with Crippen LogP contribution in [0.15, 0.2) is 30.3 Å². The van der Waals surface area contributed by atoms with Gasteiger partial charge in [0.25, 0.3) is 0 Å². The molecule has 34 heavy (non-hydrogen) atoms. The first-order valence-electron chi connectivity index (χ1n) is 11.8. The van der Waals surface area contributed by atoms with Crippen molar-refractivity contribution in [2.75, 3.05) is 25.1 Å². The second-order valence-corrected chi connectivity index (χ2v) is 9.84. The van der Waals surface area contributed by atoms with Crippen LogP contribution >= 0.6 is 11.8 Å². The fourth-order valence-electron chi connectivity index (χ4n) is 4.69. The van der Waals surface area contributed by atoms with Crippen LogP contribution in [0.5, 0.6) is 0 Å². The van der Waals surface area contributed by atoms with Gasteiger partial charge in [-0.25, -0.2) is 4.79 Å². The maximum atomic E-state index is 13.4. The molecule has 0 aliphatic carbocycles. The van der Waals surface area contributed by atoms with E-state index in [2.05, 4.69) is 5.32 Å². The van der Waals surface area contributed by atoms with E-state index in [9.17, 15) is 24.3 Å². The van der Waals surface area contributed by atoms with Gasteiger partial charge in [0, 0.05) is 19.5 Å². The van der Waals surface area contributed by atoms with Crippen LogP contribution in [0.4, 0.5) is 0 Å². The number of aliphatic carboxylic acids is 1. The smallest absolute Gasteiger partial charge is 0.326 e. The van der Waals surface area contributed by atoms with Gasteiger partial charge in [0.05, 0.1) is 6.04 Å². The highest BCUT2D eigenvalue weighted by Gasteiger charge is 2.40. The van der Waals surface area contributed by atoms with E-state index in [4.69, 9.17) is 5.73 Å². The normalized spacial score (nSPS) is 21.8. The summed E-state index contributed by atoms with van der Waals surface area (Å²) in [4.78, 5) is 54.1. The second kappa shape index (κ2) is 12.2. The minimum absolute atomic E-state index is 0.238. The van der Waals surface area contributed by atoms with E-state index in [1.165, 1.54) is 9.80 Å². The zero-order chi connectivity index (χ0) is 24.7. The van der Waals surface area contributed by atoms with Crippen LogP contribution in [-0.4, -0.2) is 87.9 Å². The minimum atomic E-state index is -1.04. The number of thioether (sulfide) groups is 1. The third-order valence-corrected chi connectivity index (χ3v) is 7.15. The molecular formula is C24H34N4O5S. The highest BCUT2D eigenvalue weighted by atomic mass is 32.2. The number of likely N-dealkylation sites (tertiary alicyclic amines) is 2. The largest absolute Gasteiger partial charge is 0.480 e. The van der Waals surface area contributed by atoms with Crippen molar-refractivity contribution in [1.82, 2.24) is 15.1 Å². The molecule has 2 fully saturated rings. The van der Waals surface area contributed by atoms with Crippen molar-refractivity contribution in [3.63, 3.8) is 0 Å². The van der Waals surface area contributed by atoms with Gasteiger partial charge in [-0.1, -0.05) is 30.3 Å². The molecule has 0 bridgehead atoms. The Morgan fingerprint density at radius 3 is 2.29 bits per heavy atom. The molecule has 3 amide bonds. The van der Waals surface area contributed by atoms with Crippen LogP contribution in [0.2, 0.25) is 0 Å². The number of nitrogens with two attached hydrogens (primary N) is 1. The molecule has 0 radical (unpaired) electrons. The minimum Gasteiger partial charge on any atom is -0.480 e. The molecule has 4 N–H and O–H groups in total. The van der Waals surface area contributed by atoms with Gasteiger partial charge in [0.15, 0.2) is 0 Å². The quantitative estimate of drug-likeness (QED) is 0.443. The number of hydrogen-bond donors (Lipinski definition) is 3. The van der Waals surface area contributed by atoms with Crippen molar-refractivity contribution in [3.8, 4) is 0 Å². The molecule has 10 heteroatoms. The van der Waals surface area contributed by atoms with Crippen LogP contribution in [0.1, 0.15) is 37.7 Å². The summed E-state index contributed by atoms with van der Waals surface area (Å²) in [6, 6.07) is 6.13. The van der Waals surface area contributed by atoms with Gasteiger partial charge in [-0.05, 0) is 49.7 Å². The lowest BCUT2D eigenvalue weighted by Gasteiger charge is -2.30. The fraction of sp³-hybridized carbons (Fsp3) is 0.583. The predicted octanol–water partition coefficient (Wildman–Crippen LogP) is 0.861. The summed E-state index contributed by atoms with van der Waals surface area (Å²) >= 11 is 1.61. The lowest BCUT2D eigenvalue weighted by Crippen LogP contribution is -2.57. The molecule has 1 aromatic carbocycles. The zero-order valence-electron chi connectivity index (χ0n) is 19.5. The van der Waals surface area contributed by atoms with Crippen molar-refractivity contribution < 1.29 is 24.3 Å². The van der Waals surface area contributed by atoms with E-state index >= 15 is 0 Å². The summed E-state index contributed by atoms with van der Waals surface area (Å²) in [5.41, 5.74) is 6.92. The summed E-state index contributed by atoms with van der Waals surface area (Å²) in [6.45, 7) is 0.795. The first kappa shape index (κ1) is 26.0. The highest BCUT2D eigenvalue weighted by molar-refractivity contribution is 7.98. The summed E-state index contributed by atoms with van der Waals surface area (Å²) in [5, 5.41) is 12.4. The zero-order valence-corrected chi connectivity index (χ0v) is 20.3. The van der Waals surface area contributed by atoms with Crippen LogP contribution in [-0.2, 0) is 25.6 Å². The Hall–Kier alpha value is -2.59. The number of benzene rings is 1. The lowest BCUT2D eigenvalue weighted by molar-refractivity contribution is -0.149. The number of carboxylic acid groups (broad SMARTS) is 1. The van der Waals surface area contributed by atoms with Gasteiger partial charge < -0.3 is 26.0 Å². The van der Waals surface area contributed by atoms with E-state index in [-0.39, 0.29) is 12.3 Å². The van der Waals surface area contributed by atoms with E-state index in [0.717, 1.165) is 11.3 Å². The molecular weight excluding hydrogens is 456 g/mol. The number of carbonyl (C=O) groups excluding carboxylic acids is 3. The summed E-state index contributed by atoms with van der Waals surface area (Å²) in [6.07, 6.45) is 4.90. The maximum Gasteiger partial charge on any atom is 0.326 e. The standard InChI is InChI=1S/C24H34N4O5S/c1-34-14-11-17(25)22(30)27-12-5-9-19(27)21(29)26-18(15-16-7-3-2-4-8-16)23(31)28-13-6-10-20(28)24(32)33/h2-4,7-8,17-20H,5-6,9-15,25H2,1H3,(H,26,29)(H,32,33). The molecule has 4 atom stereocenters. The number of hydrogen-bond acceptors (Lipinski definition) is 6. The predicted molar refractivity (Wildman–Crippen MR) is 130 cm³/mol. The number of carbonyl (C=O) groups is 4. The van der Waals surface area contributed by atoms with Crippen molar-refractivity contribution in [1.29, 1.82) is 0 Å². The topological polar surface area (TPSA) is 133 Å². The molecule has 0 saturated carbocycles. The van der Waals surface area contributed by atoms with E-state index in [1.807, 2.05) is 36.6 Å². The van der Waals surface area contributed by atoms with Gasteiger partial charge in [-0.3, -0.25) is 14.4 Å². The monoisotopic (exact) mass is 490 g/mol. The summed E-state index contributed by atoms with van der Waals surface area (Å²) in [5.74, 6) is -1.34. The van der Waals surface area contributed by atoms with Crippen LogP contribution in [0.25, 0.3) is 0 Å². The Balaban J connectivity index is 1.75. The number of carboxylic acids is 1. The van der Waals surface area contributed by atoms with Gasteiger partial charge in [0.1, 0.15) is 18.1 Å². The SMILES string of the molecule is CSCCC(N)C(=O)N1CCCC1C(=O)NC(Cc1ccccc1)C(=O)N1CCCC1C(=O)O. The molecule has 0 spiro atoms. The first-order valence-corrected chi connectivity index (χ1v) is 13.2. The van der Waals surface area contributed by atoms with Crippen LogP contribution in [0, 0.1) is 0 Å². The molecule has 9 nitrogen and oxygen atoms in total. The maximum absolute atomic E-state index is 13.4. The average Bonchev–Trinajstić information content (AvgIpc) is 3.52. The molecule has 2 aliphatic rings. The molecule has 2 aliphatic heterocycles. The number of nitrogens with one attached hydrogen (secondary N) is 1. The summed E-state index contributed by atoms with van der Waals surface area (Å²) < 4.78 is 0. The number of rotatable bonds is 10. The molecule has 2 heterocycles. The number of nitrogens with zero attached hydrogens (tertiary/aromatic N) is 2. The fourth-order valence-corrected chi connectivity index (χ4v) is 5.18. The Kier molecular flexibility index (Phi) is 9.35. The van der Waals surface area contributed by atoms with Gasteiger partial charge in [0.2, 0.25) is 17.7 Å². The summed E-state index contributed by atoms with van der Waals surface area (Å²) in [7, 11) is 0. The Bertz CT molecular complexity index is 883. The van der Waals surface area contributed by atoms with E-state index < -0.39 is 42.0 Å². The first-order chi connectivity index (χ1) is 16.3. The van der Waals surface area contributed by atoms with E-state index in [1.54, 1.807) is 11.8 Å². The van der Waals surface area contributed by atoms with Gasteiger partial charge in [-0.2, -0.15) is 11.8 Å². The molecule has 186 valence electrons. The molecule has 2 saturated heterocycles. The second-order valence-electron chi connectivity index (χ2n) is 8.86. The average molecular weight is 491 g/mol. The molecule has 0 aromatic heterocycles. The Morgan fingerprint density at radius 2 is 1.68 bits per heavy atom. The molecule has 4 unspecified atom stereocenters. The lowest BCUT2D eigenvalue weighted by atomic mass is 10.0.